The van der Waals surface area contributed by atoms with Crippen LogP contribution >= 0.6 is 11.6 Å². The number of nitrogens with zero attached hydrogens (tertiary/aromatic N) is 3. The van der Waals surface area contributed by atoms with Gasteiger partial charge >= 0.3 is 0 Å². The maximum atomic E-state index is 13.7. The monoisotopic (exact) mass is 483 g/mol. The molecule has 0 saturated heterocycles. The molecule has 0 bridgehead atoms. The van der Waals surface area contributed by atoms with Crippen molar-refractivity contribution in [1.82, 2.24) is 15.0 Å². The minimum Gasteiger partial charge on any atom is -0.390 e. The molecular formula is C28H38ClN3O2. The summed E-state index contributed by atoms with van der Waals surface area (Å²) in [4.78, 5) is 13.7. The smallest absolute Gasteiger partial charge is 0.157 e. The number of hydrogen-bond acceptors (Lipinski definition) is 4. The van der Waals surface area contributed by atoms with E-state index in [1.54, 1.807) is 10.7 Å². The molecule has 0 spiro atoms. The lowest BCUT2D eigenvalue weighted by Crippen LogP contribution is -2.55. The van der Waals surface area contributed by atoms with Crippen LogP contribution in [0.1, 0.15) is 78.6 Å². The van der Waals surface area contributed by atoms with Crippen molar-refractivity contribution in [3.63, 3.8) is 0 Å². The number of carbonyl (C=O) groups is 1. The molecule has 2 aromatic rings. The first-order valence-electron chi connectivity index (χ1n) is 13.3. The number of carbonyl (C=O) groups excluding carboxylic acids is 1. The van der Waals surface area contributed by atoms with E-state index >= 15 is 0 Å². The number of benzene rings is 1. The van der Waals surface area contributed by atoms with Crippen LogP contribution in [-0.2, 0) is 11.3 Å². The molecule has 8 atom stereocenters. The van der Waals surface area contributed by atoms with Gasteiger partial charge in [0.1, 0.15) is 12.1 Å². The molecule has 4 aliphatic rings. The number of rotatable bonds is 3. The second-order valence-corrected chi connectivity index (χ2v) is 13.3. The average Bonchev–Trinajstić information content (AvgIpc) is 3.34. The molecule has 4 aliphatic carbocycles. The Labute approximate surface area is 207 Å². The standard InChI is InChI=1S/C28H38ClN3O2/c1-26(34)12-13-27(2)17(15-26)4-6-19-20-7-8-22(28(20,3)11-10-21(19)27)25(33)16-32-24-9-5-18(29)14-23(24)30-31-32/h5,9,14,17,19-22,34H,4,6-8,10-13,15-16H2,1-3H3/t17-,19+,20+,21+,22-,26-,27+,28+/m1/s1. The van der Waals surface area contributed by atoms with Crippen molar-refractivity contribution in [1.29, 1.82) is 0 Å². The van der Waals surface area contributed by atoms with E-state index in [4.69, 9.17) is 11.6 Å². The van der Waals surface area contributed by atoms with Gasteiger partial charge in [0.25, 0.3) is 0 Å². The second-order valence-electron chi connectivity index (χ2n) is 12.9. The highest BCUT2D eigenvalue weighted by molar-refractivity contribution is 6.31. The average molecular weight is 484 g/mol. The van der Waals surface area contributed by atoms with Crippen molar-refractivity contribution < 1.29 is 9.90 Å². The fraction of sp³-hybridized carbons (Fsp3) is 0.750. The zero-order chi connectivity index (χ0) is 23.9. The van der Waals surface area contributed by atoms with Crippen molar-refractivity contribution in [3.05, 3.63) is 23.2 Å². The first-order valence-corrected chi connectivity index (χ1v) is 13.7. The zero-order valence-electron chi connectivity index (χ0n) is 20.8. The highest BCUT2D eigenvalue weighted by Gasteiger charge is 2.61. The first kappa shape index (κ1) is 23.0. The largest absolute Gasteiger partial charge is 0.390 e. The molecule has 5 nitrogen and oxygen atoms in total. The molecule has 4 fully saturated rings. The molecule has 34 heavy (non-hydrogen) atoms. The zero-order valence-corrected chi connectivity index (χ0v) is 21.5. The molecule has 1 aromatic carbocycles. The molecular weight excluding hydrogens is 446 g/mol. The summed E-state index contributed by atoms with van der Waals surface area (Å²) in [5.41, 5.74) is 1.59. The van der Waals surface area contributed by atoms with Gasteiger partial charge in [-0.1, -0.05) is 30.7 Å². The Hall–Kier alpha value is -1.46. The van der Waals surface area contributed by atoms with Gasteiger partial charge in [0, 0.05) is 10.9 Å². The van der Waals surface area contributed by atoms with Crippen LogP contribution in [-0.4, -0.2) is 31.5 Å². The number of hydrogen-bond donors (Lipinski definition) is 1. The van der Waals surface area contributed by atoms with Crippen LogP contribution in [0.15, 0.2) is 18.2 Å². The number of halogens is 1. The highest BCUT2D eigenvalue weighted by Crippen LogP contribution is 2.68. The summed E-state index contributed by atoms with van der Waals surface area (Å²) in [5.74, 6) is 3.21. The molecule has 1 aromatic heterocycles. The van der Waals surface area contributed by atoms with Gasteiger partial charge in [-0.3, -0.25) is 4.79 Å². The molecule has 6 heteroatoms. The van der Waals surface area contributed by atoms with Gasteiger partial charge in [-0.05, 0) is 117 Å². The van der Waals surface area contributed by atoms with Crippen molar-refractivity contribution in [2.45, 2.75) is 90.7 Å². The third kappa shape index (κ3) is 3.40. The van der Waals surface area contributed by atoms with E-state index in [-0.39, 0.29) is 11.3 Å². The Morgan fingerprint density at radius 3 is 2.68 bits per heavy atom. The van der Waals surface area contributed by atoms with E-state index in [1.807, 2.05) is 19.1 Å². The molecule has 4 saturated carbocycles. The van der Waals surface area contributed by atoms with Gasteiger partial charge in [-0.2, -0.15) is 0 Å². The fourth-order valence-corrected chi connectivity index (χ4v) is 9.45. The minimum atomic E-state index is -0.484. The summed E-state index contributed by atoms with van der Waals surface area (Å²) in [6.07, 6.45) is 10.2. The summed E-state index contributed by atoms with van der Waals surface area (Å²) >= 11 is 6.10. The number of Topliss-reactive ketones (excluding diaryl/α,β-unsaturated/α-hetero) is 1. The van der Waals surface area contributed by atoms with E-state index in [1.165, 1.54) is 25.7 Å². The summed E-state index contributed by atoms with van der Waals surface area (Å²) in [5, 5.41) is 19.9. The predicted molar refractivity (Wildman–Crippen MR) is 133 cm³/mol. The van der Waals surface area contributed by atoms with Crippen molar-refractivity contribution >= 4 is 28.4 Å². The Morgan fingerprint density at radius 2 is 1.85 bits per heavy atom. The molecule has 1 N–H and O–H groups in total. The Kier molecular flexibility index (Phi) is 5.25. The van der Waals surface area contributed by atoms with Crippen LogP contribution in [0.25, 0.3) is 11.0 Å². The summed E-state index contributed by atoms with van der Waals surface area (Å²) in [6.45, 7) is 7.29. The molecule has 0 amide bonds. The normalized spacial score (nSPS) is 43.9. The van der Waals surface area contributed by atoms with Crippen molar-refractivity contribution in [2.24, 2.45) is 40.4 Å². The molecule has 0 aliphatic heterocycles. The van der Waals surface area contributed by atoms with Crippen molar-refractivity contribution in [3.8, 4) is 0 Å². The summed E-state index contributed by atoms with van der Waals surface area (Å²) in [7, 11) is 0. The minimum absolute atomic E-state index is 0.0985. The second kappa shape index (κ2) is 7.77. The maximum absolute atomic E-state index is 13.7. The van der Waals surface area contributed by atoms with Gasteiger partial charge in [0.15, 0.2) is 5.78 Å². The van der Waals surface area contributed by atoms with Gasteiger partial charge in [0.05, 0.1) is 11.1 Å². The number of fused-ring (bicyclic) bond motifs is 6. The number of aliphatic hydroxyl groups is 1. The molecule has 1 heterocycles. The predicted octanol–water partition coefficient (Wildman–Crippen LogP) is 6.06. The van der Waals surface area contributed by atoms with Crippen LogP contribution < -0.4 is 0 Å². The van der Waals surface area contributed by atoms with Crippen LogP contribution in [0.4, 0.5) is 0 Å². The highest BCUT2D eigenvalue weighted by atomic mass is 35.5. The lowest BCUT2D eigenvalue weighted by atomic mass is 9.44. The third-order valence-corrected chi connectivity index (χ3v) is 11.4. The van der Waals surface area contributed by atoms with E-state index in [0.29, 0.717) is 34.6 Å². The maximum Gasteiger partial charge on any atom is 0.157 e. The Morgan fingerprint density at radius 1 is 1.06 bits per heavy atom. The molecule has 0 radical (unpaired) electrons. The topological polar surface area (TPSA) is 68.0 Å². The fourth-order valence-electron chi connectivity index (χ4n) is 9.28. The van der Waals surface area contributed by atoms with Crippen LogP contribution in [0.2, 0.25) is 5.02 Å². The van der Waals surface area contributed by atoms with Gasteiger partial charge in [-0.15, -0.1) is 5.10 Å². The van der Waals surface area contributed by atoms with Crippen LogP contribution in [0.3, 0.4) is 0 Å². The Balaban J connectivity index is 1.21. The summed E-state index contributed by atoms with van der Waals surface area (Å²) < 4.78 is 1.76. The first-order chi connectivity index (χ1) is 16.1. The Bertz CT molecular complexity index is 1130. The number of aromatic nitrogens is 3. The van der Waals surface area contributed by atoms with E-state index in [9.17, 15) is 9.90 Å². The van der Waals surface area contributed by atoms with Crippen LogP contribution in [0.5, 0.6) is 0 Å². The quantitative estimate of drug-likeness (QED) is 0.575. The molecule has 6 rings (SSSR count). The lowest BCUT2D eigenvalue weighted by Gasteiger charge is -2.61. The summed E-state index contributed by atoms with van der Waals surface area (Å²) in [6, 6.07) is 5.56. The SMILES string of the molecule is C[C@@]1(O)CC[C@@]2(C)[C@H](CC[C@@H]3[C@@H]2CC[C@]2(C)[C@@H](C(=O)Cn4nnc5cc(Cl)ccc54)CC[C@@H]32)C1. The third-order valence-electron chi connectivity index (χ3n) is 11.1. The van der Waals surface area contributed by atoms with Gasteiger partial charge in [-0.25, -0.2) is 4.68 Å². The number of ketones is 1. The molecule has 0 unspecified atom stereocenters. The van der Waals surface area contributed by atoms with E-state index in [0.717, 1.165) is 55.0 Å². The van der Waals surface area contributed by atoms with E-state index in [2.05, 4.69) is 24.2 Å². The van der Waals surface area contributed by atoms with Crippen molar-refractivity contribution in [2.75, 3.05) is 0 Å². The van der Waals surface area contributed by atoms with E-state index < -0.39 is 5.60 Å². The lowest BCUT2D eigenvalue weighted by molar-refractivity contribution is -0.151. The van der Waals surface area contributed by atoms with Gasteiger partial charge in [0.2, 0.25) is 0 Å². The van der Waals surface area contributed by atoms with Gasteiger partial charge < -0.3 is 5.11 Å². The molecule has 184 valence electrons. The van der Waals surface area contributed by atoms with Crippen LogP contribution in [0, 0.1) is 40.4 Å².